The molecule has 0 bridgehead atoms. The Kier molecular flexibility index (Phi) is 4.90. The van der Waals surface area contributed by atoms with Crippen molar-refractivity contribution in [2.75, 3.05) is 11.4 Å². The van der Waals surface area contributed by atoms with Gasteiger partial charge in [-0.05, 0) is 42.7 Å². The van der Waals surface area contributed by atoms with Gasteiger partial charge >= 0.3 is 0 Å². The first-order valence-electron chi connectivity index (χ1n) is 9.82. The zero-order valence-corrected chi connectivity index (χ0v) is 16.3. The van der Waals surface area contributed by atoms with E-state index in [1.54, 1.807) is 4.90 Å². The second-order valence-corrected chi connectivity index (χ2v) is 7.37. The minimum Gasteiger partial charge on any atom is -0.361 e. The second kappa shape index (κ2) is 7.50. The van der Waals surface area contributed by atoms with Gasteiger partial charge in [-0.3, -0.25) is 14.5 Å². The molecule has 1 atom stereocenters. The van der Waals surface area contributed by atoms with Crippen molar-refractivity contribution in [1.29, 1.82) is 0 Å². The van der Waals surface area contributed by atoms with Crippen LogP contribution in [0, 0.1) is 6.92 Å². The number of para-hydroxylation sites is 1. The number of H-pyrrole nitrogens is 1. The van der Waals surface area contributed by atoms with E-state index in [9.17, 15) is 9.59 Å². The normalized spacial score (nSPS) is 15.6. The van der Waals surface area contributed by atoms with E-state index in [1.165, 1.54) is 16.5 Å². The molecule has 0 spiro atoms. The minimum atomic E-state index is -0.463. The number of anilines is 1. The van der Waals surface area contributed by atoms with Crippen molar-refractivity contribution in [3.05, 3.63) is 65.4 Å². The Morgan fingerprint density at radius 2 is 2.04 bits per heavy atom. The lowest BCUT2D eigenvalue weighted by atomic mass is 10.1. The van der Waals surface area contributed by atoms with Gasteiger partial charge < -0.3 is 10.3 Å². The smallest absolute Gasteiger partial charge is 0.243 e. The number of aromatic amines is 1. The maximum absolute atomic E-state index is 12.9. The van der Waals surface area contributed by atoms with Gasteiger partial charge in [0, 0.05) is 42.2 Å². The van der Waals surface area contributed by atoms with Crippen LogP contribution in [0.3, 0.4) is 0 Å². The highest BCUT2D eigenvalue weighted by Crippen LogP contribution is 2.32. The number of fused-ring (bicyclic) bond motifs is 2. The molecule has 1 aromatic heterocycles. The number of hydrogen-bond donors (Lipinski definition) is 2. The lowest BCUT2D eigenvalue weighted by Gasteiger charge is -2.24. The van der Waals surface area contributed by atoms with Gasteiger partial charge in [0.25, 0.3) is 0 Å². The summed E-state index contributed by atoms with van der Waals surface area (Å²) in [7, 11) is 0. The van der Waals surface area contributed by atoms with Crippen LogP contribution in [-0.4, -0.2) is 29.4 Å². The number of hydrogen-bond acceptors (Lipinski definition) is 2. The van der Waals surface area contributed by atoms with Gasteiger partial charge in [-0.1, -0.05) is 36.8 Å². The van der Waals surface area contributed by atoms with E-state index >= 15 is 0 Å². The van der Waals surface area contributed by atoms with Crippen LogP contribution in [0.5, 0.6) is 0 Å². The van der Waals surface area contributed by atoms with Gasteiger partial charge in [-0.2, -0.15) is 0 Å². The van der Waals surface area contributed by atoms with Crippen LogP contribution in [-0.2, 0) is 22.4 Å². The Hall–Kier alpha value is -3.08. The molecule has 5 heteroatoms. The number of rotatable bonds is 5. The summed E-state index contributed by atoms with van der Waals surface area (Å²) in [5.41, 5.74) is 5.43. The number of aromatic nitrogens is 1. The van der Waals surface area contributed by atoms with Crippen LogP contribution in [0.25, 0.3) is 10.9 Å². The number of carbonyl (C=O) groups is 2. The van der Waals surface area contributed by atoms with Crippen molar-refractivity contribution >= 4 is 28.4 Å². The van der Waals surface area contributed by atoms with Crippen LogP contribution in [0.15, 0.2) is 48.7 Å². The largest absolute Gasteiger partial charge is 0.361 e. The second-order valence-electron chi connectivity index (χ2n) is 7.37. The predicted molar refractivity (Wildman–Crippen MR) is 111 cm³/mol. The summed E-state index contributed by atoms with van der Waals surface area (Å²) in [5, 5.41) is 4.24. The first-order valence-corrected chi connectivity index (χ1v) is 9.82. The first kappa shape index (κ1) is 18.3. The Bertz CT molecular complexity index is 1040. The van der Waals surface area contributed by atoms with Gasteiger partial charge in [-0.15, -0.1) is 0 Å². The average Bonchev–Trinajstić information content (AvgIpc) is 3.28. The molecule has 0 aliphatic carbocycles. The molecular formula is C23H25N3O2. The van der Waals surface area contributed by atoms with Crippen molar-refractivity contribution in [3.8, 4) is 0 Å². The van der Waals surface area contributed by atoms with Gasteiger partial charge in [0.2, 0.25) is 11.8 Å². The van der Waals surface area contributed by atoms with Crippen molar-refractivity contribution < 1.29 is 9.59 Å². The third-order valence-corrected chi connectivity index (χ3v) is 5.47. The van der Waals surface area contributed by atoms with E-state index in [0.717, 1.165) is 23.2 Å². The van der Waals surface area contributed by atoms with Crippen LogP contribution in [0.1, 0.15) is 30.0 Å². The molecule has 0 fully saturated rings. The fourth-order valence-corrected chi connectivity index (χ4v) is 4.01. The highest BCUT2D eigenvalue weighted by atomic mass is 16.2. The molecule has 144 valence electrons. The molecule has 0 saturated heterocycles. The Labute approximate surface area is 164 Å². The van der Waals surface area contributed by atoms with Crippen molar-refractivity contribution in [2.45, 2.75) is 39.2 Å². The molecule has 2 N–H and O–H groups in total. The molecule has 3 aromatic rings. The van der Waals surface area contributed by atoms with Crippen LogP contribution < -0.4 is 10.2 Å². The number of nitrogens with zero attached hydrogens (tertiary/aromatic N) is 1. The molecule has 5 nitrogen and oxygen atoms in total. The monoisotopic (exact) mass is 375 g/mol. The van der Waals surface area contributed by atoms with Gasteiger partial charge in [0.15, 0.2) is 0 Å². The zero-order chi connectivity index (χ0) is 19.7. The summed E-state index contributed by atoms with van der Waals surface area (Å²) in [6, 6.07) is 13.6. The van der Waals surface area contributed by atoms with Gasteiger partial charge in [0.05, 0.1) is 0 Å². The molecule has 1 aliphatic heterocycles. The molecular weight excluding hydrogens is 350 g/mol. The highest BCUT2D eigenvalue weighted by molar-refractivity contribution is 6.03. The fraction of sp³-hybridized carbons (Fsp3) is 0.304. The molecule has 2 amide bonds. The van der Waals surface area contributed by atoms with Gasteiger partial charge in [-0.25, -0.2) is 0 Å². The van der Waals surface area contributed by atoms with Crippen LogP contribution in [0.4, 0.5) is 5.69 Å². The van der Waals surface area contributed by atoms with Crippen molar-refractivity contribution in [1.82, 2.24) is 10.3 Å². The molecule has 2 aromatic carbocycles. The fourth-order valence-electron chi connectivity index (χ4n) is 4.01. The van der Waals surface area contributed by atoms with E-state index in [2.05, 4.69) is 35.4 Å². The minimum absolute atomic E-state index is 0.0165. The summed E-state index contributed by atoms with van der Waals surface area (Å²) in [4.78, 5) is 30.3. The standard InChI is InChI=1S/C23H25N3O2/c1-3-22(27)26-20-7-5-4-6-16(20)13-21(26)23(28)24-11-10-17-14-25-19-9-8-15(2)12-18(17)19/h4-9,12,14,21,25H,3,10-11,13H2,1-2H3,(H,24,28)/t21-/m1/s1. The summed E-state index contributed by atoms with van der Waals surface area (Å²) < 4.78 is 0. The molecule has 1 aliphatic rings. The van der Waals surface area contributed by atoms with E-state index in [0.29, 0.717) is 19.4 Å². The number of nitrogens with one attached hydrogen (secondary N) is 2. The van der Waals surface area contributed by atoms with Crippen molar-refractivity contribution in [3.63, 3.8) is 0 Å². The molecule has 0 radical (unpaired) electrons. The summed E-state index contributed by atoms with van der Waals surface area (Å²) in [6.45, 7) is 4.45. The Balaban J connectivity index is 1.44. The Morgan fingerprint density at radius 1 is 1.21 bits per heavy atom. The van der Waals surface area contributed by atoms with E-state index in [4.69, 9.17) is 0 Å². The summed E-state index contributed by atoms with van der Waals surface area (Å²) in [5.74, 6) is -0.105. The average molecular weight is 375 g/mol. The third kappa shape index (κ3) is 3.28. The van der Waals surface area contributed by atoms with Crippen LogP contribution in [0.2, 0.25) is 0 Å². The van der Waals surface area contributed by atoms with E-state index < -0.39 is 6.04 Å². The lowest BCUT2D eigenvalue weighted by Crippen LogP contribution is -2.48. The zero-order valence-electron chi connectivity index (χ0n) is 16.3. The molecule has 2 heterocycles. The third-order valence-electron chi connectivity index (χ3n) is 5.47. The molecule has 28 heavy (non-hydrogen) atoms. The maximum atomic E-state index is 12.9. The topological polar surface area (TPSA) is 65.2 Å². The Morgan fingerprint density at radius 3 is 2.86 bits per heavy atom. The first-order chi connectivity index (χ1) is 13.6. The number of aryl methyl sites for hydroxylation is 1. The quantitative estimate of drug-likeness (QED) is 0.717. The van der Waals surface area contributed by atoms with Gasteiger partial charge in [0.1, 0.15) is 6.04 Å². The van der Waals surface area contributed by atoms with Crippen LogP contribution >= 0.6 is 0 Å². The molecule has 4 rings (SSSR count). The number of benzene rings is 2. The highest BCUT2D eigenvalue weighted by Gasteiger charge is 2.37. The maximum Gasteiger partial charge on any atom is 0.243 e. The SMILES string of the molecule is CCC(=O)N1c2ccccc2C[C@@H]1C(=O)NCCc1c[nH]c2ccc(C)cc12. The van der Waals surface area contributed by atoms with E-state index in [-0.39, 0.29) is 11.8 Å². The number of carbonyl (C=O) groups excluding carboxylic acids is 2. The summed E-state index contributed by atoms with van der Waals surface area (Å²) in [6.07, 6.45) is 3.71. The molecule has 0 saturated carbocycles. The molecule has 0 unspecified atom stereocenters. The van der Waals surface area contributed by atoms with Crippen molar-refractivity contribution in [2.24, 2.45) is 0 Å². The predicted octanol–water partition coefficient (Wildman–Crippen LogP) is 3.50. The lowest BCUT2D eigenvalue weighted by molar-refractivity contribution is -0.126. The van der Waals surface area contributed by atoms with E-state index in [1.807, 2.05) is 37.4 Å². The number of amides is 2. The summed E-state index contributed by atoms with van der Waals surface area (Å²) >= 11 is 0.